The first-order valence-corrected chi connectivity index (χ1v) is 7.86. The molecule has 1 aliphatic heterocycles. The molecule has 0 bridgehead atoms. The second-order valence-electron chi connectivity index (χ2n) is 6.01. The van der Waals surface area contributed by atoms with Gasteiger partial charge in [0.2, 0.25) is 0 Å². The van der Waals surface area contributed by atoms with Crippen LogP contribution in [0.5, 0.6) is 0 Å². The molecule has 0 atom stereocenters. The first-order valence-electron chi connectivity index (χ1n) is 7.86. The minimum Gasteiger partial charge on any atom is -0.356 e. The lowest BCUT2D eigenvalue weighted by Crippen LogP contribution is -2.33. The van der Waals surface area contributed by atoms with Crippen molar-refractivity contribution >= 4 is 17.5 Å². The Morgan fingerprint density at radius 3 is 2.67 bits per heavy atom. The molecule has 0 unspecified atom stereocenters. The van der Waals surface area contributed by atoms with Crippen molar-refractivity contribution in [2.24, 2.45) is 5.92 Å². The Bertz CT molecular complexity index is 745. The van der Waals surface area contributed by atoms with E-state index >= 15 is 0 Å². The van der Waals surface area contributed by atoms with E-state index in [1.165, 1.54) is 6.33 Å². The minimum atomic E-state index is -0.910. The van der Waals surface area contributed by atoms with Gasteiger partial charge in [-0.2, -0.15) is 0 Å². The summed E-state index contributed by atoms with van der Waals surface area (Å²) in [5, 5.41) is 2.53. The van der Waals surface area contributed by atoms with Crippen LogP contribution < -0.4 is 10.2 Å². The summed E-state index contributed by atoms with van der Waals surface area (Å²) in [5.41, 5.74) is -0.233. The smallest absolute Gasteiger partial charge is 0.259 e. The van der Waals surface area contributed by atoms with Crippen LogP contribution in [0.1, 0.15) is 30.1 Å². The van der Waals surface area contributed by atoms with Crippen LogP contribution in [0.15, 0.2) is 30.6 Å². The third-order valence-corrected chi connectivity index (χ3v) is 4.18. The molecule has 0 spiro atoms. The Hall–Kier alpha value is -2.57. The van der Waals surface area contributed by atoms with Crippen LogP contribution in [0.2, 0.25) is 0 Å². The number of nitrogens with one attached hydrogen (secondary N) is 1. The monoisotopic (exact) mass is 332 g/mol. The third kappa shape index (κ3) is 3.67. The number of aromatic nitrogens is 2. The predicted octanol–water partition coefficient (Wildman–Crippen LogP) is 3.24. The summed E-state index contributed by atoms with van der Waals surface area (Å²) in [6.07, 6.45) is 3.54. The van der Waals surface area contributed by atoms with Crippen LogP contribution in [-0.2, 0) is 0 Å². The maximum absolute atomic E-state index is 13.7. The van der Waals surface area contributed by atoms with Crippen LogP contribution in [-0.4, -0.2) is 29.0 Å². The zero-order chi connectivity index (χ0) is 17.1. The van der Waals surface area contributed by atoms with Gasteiger partial charge in [0.05, 0.1) is 5.56 Å². The highest BCUT2D eigenvalue weighted by atomic mass is 19.1. The van der Waals surface area contributed by atoms with Crippen molar-refractivity contribution < 1.29 is 13.6 Å². The molecule has 0 aliphatic carbocycles. The molecule has 1 aliphatic rings. The molecule has 3 rings (SSSR count). The number of hydrogen-bond donors (Lipinski definition) is 1. The van der Waals surface area contributed by atoms with E-state index < -0.39 is 17.5 Å². The molecule has 2 heterocycles. The molecular formula is C17H18F2N4O. The summed E-state index contributed by atoms with van der Waals surface area (Å²) in [4.78, 5) is 22.5. The third-order valence-electron chi connectivity index (χ3n) is 4.18. The summed E-state index contributed by atoms with van der Waals surface area (Å²) in [5.74, 6) is -0.605. The number of anilines is 2. The number of hydrogen-bond acceptors (Lipinski definition) is 4. The van der Waals surface area contributed by atoms with Crippen molar-refractivity contribution in [2.45, 2.75) is 19.8 Å². The molecule has 0 radical (unpaired) electrons. The lowest BCUT2D eigenvalue weighted by atomic mass is 9.99. The van der Waals surface area contributed by atoms with Crippen LogP contribution in [0, 0.1) is 17.6 Å². The van der Waals surface area contributed by atoms with E-state index in [1.54, 1.807) is 6.07 Å². The van der Waals surface area contributed by atoms with Crippen molar-refractivity contribution in [2.75, 3.05) is 23.3 Å². The largest absolute Gasteiger partial charge is 0.356 e. The number of piperidine rings is 1. The minimum absolute atomic E-state index is 0.233. The van der Waals surface area contributed by atoms with Gasteiger partial charge in [-0.15, -0.1) is 0 Å². The van der Waals surface area contributed by atoms with Crippen molar-refractivity contribution in [3.63, 3.8) is 0 Å². The van der Waals surface area contributed by atoms with E-state index in [9.17, 15) is 13.6 Å². The van der Waals surface area contributed by atoms with Crippen LogP contribution in [0.3, 0.4) is 0 Å². The topological polar surface area (TPSA) is 58.1 Å². The van der Waals surface area contributed by atoms with Gasteiger partial charge in [0.15, 0.2) is 0 Å². The van der Waals surface area contributed by atoms with Gasteiger partial charge in [-0.25, -0.2) is 18.7 Å². The van der Waals surface area contributed by atoms with Gasteiger partial charge in [0, 0.05) is 25.2 Å². The Kier molecular flexibility index (Phi) is 4.69. The number of nitrogens with zero attached hydrogens (tertiary/aromatic N) is 3. The average molecular weight is 332 g/mol. The van der Waals surface area contributed by atoms with Crippen molar-refractivity contribution in [3.8, 4) is 0 Å². The van der Waals surface area contributed by atoms with Crippen molar-refractivity contribution in [1.29, 1.82) is 0 Å². The predicted molar refractivity (Wildman–Crippen MR) is 87.0 cm³/mol. The maximum atomic E-state index is 13.7. The standard InChI is InChI=1S/C17H18F2N4O/c1-11-4-6-23(7-5-11)16-9-15(20-10-21-16)22-17(24)13-3-2-12(18)8-14(13)19/h2-3,8-11H,4-7H2,1H3,(H,20,21,22,24). The Labute approximate surface area is 138 Å². The average Bonchev–Trinajstić information content (AvgIpc) is 2.55. The summed E-state index contributed by atoms with van der Waals surface area (Å²) in [6, 6.07) is 4.48. The zero-order valence-electron chi connectivity index (χ0n) is 13.3. The van der Waals surface area contributed by atoms with Gasteiger partial charge in [-0.05, 0) is 30.9 Å². The lowest BCUT2D eigenvalue weighted by Gasteiger charge is -2.31. The Morgan fingerprint density at radius 2 is 1.96 bits per heavy atom. The van der Waals surface area contributed by atoms with Crippen LogP contribution in [0.4, 0.5) is 20.4 Å². The molecule has 7 heteroatoms. The number of benzene rings is 1. The van der Waals surface area contributed by atoms with Gasteiger partial charge in [0.1, 0.15) is 29.6 Å². The summed E-state index contributed by atoms with van der Waals surface area (Å²) in [7, 11) is 0. The Morgan fingerprint density at radius 1 is 1.21 bits per heavy atom. The van der Waals surface area contributed by atoms with E-state index in [1.807, 2.05) is 0 Å². The molecule has 1 fully saturated rings. The highest BCUT2D eigenvalue weighted by Crippen LogP contribution is 2.22. The first kappa shape index (κ1) is 16.3. The SMILES string of the molecule is CC1CCN(c2cc(NC(=O)c3ccc(F)cc3F)ncn2)CC1. The second kappa shape index (κ2) is 6.90. The molecule has 5 nitrogen and oxygen atoms in total. The molecule has 126 valence electrons. The fourth-order valence-electron chi connectivity index (χ4n) is 2.68. The molecule has 1 saturated heterocycles. The summed E-state index contributed by atoms with van der Waals surface area (Å²) >= 11 is 0. The molecule has 24 heavy (non-hydrogen) atoms. The normalized spacial score (nSPS) is 15.4. The van der Waals surface area contributed by atoms with Gasteiger partial charge in [0.25, 0.3) is 5.91 Å². The highest BCUT2D eigenvalue weighted by Gasteiger charge is 2.18. The lowest BCUT2D eigenvalue weighted by molar-refractivity contribution is 0.102. The number of halogens is 2. The molecular weight excluding hydrogens is 314 g/mol. The molecule has 1 N–H and O–H groups in total. The number of carbonyl (C=O) groups excluding carboxylic acids is 1. The zero-order valence-corrected chi connectivity index (χ0v) is 13.3. The fraction of sp³-hybridized carbons (Fsp3) is 0.353. The Balaban J connectivity index is 1.73. The molecule has 1 amide bonds. The highest BCUT2D eigenvalue weighted by molar-refractivity contribution is 6.04. The van der Waals surface area contributed by atoms with Crippen molar-refractivity contribution in [3.05, 3.63) is 47.8 Å². The van der Waals surface area contributed by atoms with Crippen molar-refractivity contribution in [1.82, 2.24) is 9.97 Å². The first-order chi connectivity index (χ1) is 11.5. The summed E-state index contributed by atoms with van der Waals surface area (Å²) < 4.78 is 26.6. The van der Waals surface area contributed by atoms with Gasteiger partial charge >= 0.3 is 0 Å². The van der Waals surface area contributed by atoms with Gasteiger partial charge in [-0.1, -0.05) is 6.92 Å². The molecule has 2 aromatic rings. The van der Waals surface area contributed by atoms with Crippen LogP contribution >= 0.6 is 0 Å². The van der Waals surface area contributed by atoms with E-state index in [4.69, 9.17) is 0 Å². The quantitative estimate of drug-likeness (QED) is 0.937. The van der Waals surface area contributed by atoms with Gasteiger partial charge < -0.3 is 10.2 Å². The molecule has 0 saturated carbocycles. The van der Waals surface area contributed by atoms with Gasteiger partial charge in [-0.3, -0.25) is 4.79 Å². The van der Waals surface area contributed by atoms with E-state index in [0.29, 0.717) is 12.0 Å². The number of carbonyl (C=O) groups is 1. The van der Waals surface area contributed by atoms with E-state index in [-0.39, 0.29) is 11.4 Å². The van der Waals surface area contributed by atoms with E-state index in [0.717, 1.165) is 43.9 Å². The summed E-state index contributed by atoms with van der Waals surface area (Å²) in [6.45, 7) is 4.02. The van der Waals surface area contributed by atoms with Crippen LogP contribution in [0.25, 0.3) is 0 Å². The second-order valence-corrected chi connectivity index (χ2v) is 6.01. The number of amides is 1. The number of rotatable bonds is 3. The molecule has 1 aromatic heterocycles. The van der Waals surface area contributed by atoms with E-state index in [2.05, 4.69) is 27.1 Å². The molecule has 1 aromatic carbocycles. The fourth-order valence-corrected chi connectivity index (χ4v) is 2.68. The maximum Gasteiger partial charge on any atom is 0.259 e.